The summed E-state index contributed by atoms with van der Waals surface area (Å²) in [5.74, 6) is -0.469. The van der Waals surface area contributed by atoms with Gasteiger partial charge in [-0.3, -0.25) is 4.79 Å². The van der Waals surface area contributed by atoms with Crippen molar-refractivity contribution in [3.63, 3.8) is 0 Å². The van der Waals surface area contributed by atoms with Gasteiger partial charge < -0.3 is 15.5 Å². The highest BCUT2D eigenvalue weighted by atomic mass is 35.5. The number of aliphatic hydroxyl groups excluding tert-OH is 2. The zero-order chi connectivity index (χ0) is 14.0. The molecular formula is C13H15Cl2NO3. The molecule has 3 atom stereocenters. The third-order valence-corrected chi connectivity index (χ3v) is 3.95. The molecule has 0 unspecified atom stereocenters. The molecular weight excluding hydrogens is 289 g/mol. The number of carbonyl (C=O) groups is 1. The number of hydrogen-bond acceptors (Lipinski definition) is 3. The summed E-state index contributed by atoms with van der Waals surface area (Å²) in [7, 11) is 0. The van der Waals surface area contributed by atoms with Crippen molar-refractivity contribution < 1.29 is 15.0 Å². The van der Waals surface area contributed by atoms with E-state index in [0.717, 1.165) is 0 Å². The minimum absolute atomic E-state index is 0.0742. The molecule has 1 amide bonds. The average Bonchev–Trinajstić information content (AvgIpc) is 2.69. The quantitative estimate of drug-likeness (QED) is 0.798. The van der Waals surface area contributed by atoms with E-state index in [0.29, 0.717) is 28.5 Å². The molecule has 104 valence electrons. The molecule has 6 heteroatoms. The Hall–Kier alpha value is -0.810. The first-order valence-corrected chi connectivity index (χ1v) is 6.81. The van der Waals surface area contributed by atoms with Gasteiger partial charge in [-0.25, -0.2) is 0 Å². The molecule has 3 N–H and O–H groups in total. The minimum atomic E-state index is -0.573. The Balaban J connectivity index is 2.02. The van der Waals surface area contributed by atoms with Crippen LogP contribution in [0.5, 0.6) is 0 Å². The summed E-state index contributed by atoms with van der Waals surface area (Å²) in [6.45, 7) is -0.0742. The fourth-order valence-corrected chi connectivity index (χ4v) is 2.85. The maximum atomic E-state index is 12.1. The number of hydrogen-bond donors (Lipinski definition) is 3. The van der Waals surface area contributed by atoms with E-state index in [4.69, 9.17) is 28.3 Å². The summed E-state index contributed by atoms with van der Waals surface area (Å²) in [6, 6.07) is 4.53. The number of aliphatic hydroxyl groups is 2. The maximum Gasteiger partial charge on any atom is 0.253 e. The Morgan fingerprint density at radius 2 is 2.11 bits per heavy atom. The van der Waals surface area contributed by atoms with Gasteiger partial charge in [-0.15, -0.1) is 0 Å². The van der Waals surface area contributed by atoms with Crippen LogP contribution in [0.4, 0.5) is 0 Å². The highest BCUT2D eigenvalue weighted by Gasteiger charge is 2.33. The van der Waals surface area contributed by atoms with Crippen molar-refractivity contribution in [1.29, 1.82) is 0 Å². The van der Waals surface area contributed by atoms with Crippen molar-refractivity contribution >= 4 is 29.1 Å². The van der Waals surface area contributed by atoms with Crippen molar-refractivity contribution in [1.82, 2.24) is 5.32 Å². The predicted molar refractivity (Wildman–Crippen MR) is 73.5 cm³/mol. The summed E-state index contributed by atoms with van der Waals surface area (Å²) < 4.78 is 0. The molecule has 1 aromatic rings. The van der Waals surface area contributed by atoms with E-state index in [9.17, 15) is 9.90 Å². The zero-order valence-corrected chi connectivity index (χ0v) is 11.7. The van der Waals surface area contributed by atoms with Gasteiger partial charge in [0.15, 0.2) is 0 Å². The summed E-state index contributed by atoms with van der Waals surface area (Å²) in [6.07, 6.45) is 0.438. The highest BCUT2D eigenvalue weighted by Crippen LogP contribution is 2.27. The number of benzene rings is 1. The van der Waals surface area contributed by atoms with E-state index in [2.05, 4.69) is 5.32 Å². The summed E-state index contributed by atoms with van der Waals surface area (Å²) >= 11 is 11.7. The standard InChI is InChI=1S/C13H15Cl2NO3/c14-8-1-2-10(11(15)4-8)13(19)16-9-3-7(6-17)12(18)5-9/h1-2,4,7,9,12,17-18H,3,5-6H2,(H,16,19)/t7-,9+,12+/m0/s1. The Morgan fingerprint density at radius 3 is 2.68 bits per heavy atom. The number of amides is 1. The fourth-order valence-electron chi connectivity index (χ4n) is 2.35. The van der Waals surface area contributed by atoms with Gasteiger partial charge in [0.1, 0.15) is 0 Å². The van der Waals surface area contributed by atoms with Crippen LogP contribution < -0.4 is 5.32 Å². The lowest BCUT2D eigenvalue weighted by molar-refractivity contribution is 0.0903. The van der Waals surface area contributed by atoms with E-state index in [1.165, 1.54) is 6.07 Å². The predicted octanol–water partition coefficient (Wildman–Crippen LogP) is 1.85. The second kappa shape index (κ2) is 6.09. The monoisotopic (exact) mass is 303 g/mol. The van der Waals surface area contributed by atoms with Crippen molar-refractivity contribution in [3.05, 3.63) is 33.8 Å². The van der Waals surface area contributed by atoms with E-state index in [1.807, 2.05) is 0 Å². The van der Waals surface area contributed by atoms with Gasteiger partial charge >= 0.3 is 0 Å². The summed E-state index contributed by atoms with van der Waals surface area (Å²) in [5, 5.41) is 22.3. The third kappa shape index (κ3) is 3.39. The molecule has 0 bridgehead atoms. The molecule has 4 nitrogen and oxygen atoms in total. The Kier molecular flexibility index (Phi) is 4.68. The van der Waals surface area contributed by atoms with E-state index in [1.54, 1.807) is 12.1 Å². The normalized spacial score (nSPS) is 26.4. The first-order chi connectivity index (χ1) is 9.01. The molecule has 1 aliphatic carbocycles. The zero-order valence-electron chi connectivity index (χ0n) is 10.1. The van der Waals surface area contributed by atoms with E-state index >= 15 is 0 Å². The first kappa shape index (κ1) is 14.6. The summed E-state index contributed by atoms with van der Waals surface area (Å²) in [5.41, 5.74) is 0.355. The average molecular weight is 304 g/mol. The van der Waals surface area contributed by atoms with Crippen LogP contribution in [0, 0.1) is 5.92 Å². The topological polar surface area (TPSA) is 69.6 Å². The molecule has 2 rings (SSSR count). The third-order valence-electron chi connectivity index (χ3n) is 3.40. The lowest BCUT2D eigenvalue weighted by Gasteiger charge is -2.13. The van der Waals surface area contributed by atoms with Gasteiger partial charge in [-0.2, -0.15) is 0 Å². The molecule has 0 heterocycles. The molecule has 0 spiro atoms. The van der Waals surface area contributed by atoms with Gasteiger partial charge in [-0.1, -0.05) is 23.2 Å². The molecule has 1 aromatic carbocycles. The fraction of sp³-hybridized carbons (Fsp3) is 0.462. The number of rotatable bonds is 3. The van der Waals surface area contributed by atoms with Crippen LogP contribution in [-0.2, 0) is 0 Å². The molecule has 0 aromatic heterocycles. The smallest absolute Gasteiger partial charge is 0.253 e. The van der Waals surface area contributed by atoms with Crippen LogP contribution in [0.2, 0.25) is 10.0 Å². The molecule has 0 radical (unpaired) electrons. The van der Waals surface area contributed by atoms with E-state index in [-0.39, 0.29) is 24.5 Å². The number of nitrogens with one attached hydrogen (secondary N) is 1. The summed E-state index contributed by atoms with van der Waals surface area (Å²) in [4.78, 5) is 12.1. The maximum absolute atomic E-state index is 12.1. The van der Waals surface area contributed by atoms with Gasteiger partial charge in [-0.05, 0) is 31.0 Å². The van der Waals surface area contributed by atoms with Gasteiger partial charge in [0.05, 0.1) is 16.7 Å². The van der Waals surface area contributed by atoms with Gasteiger partial charge in [0.25, 0.3) is 5.91 Å². The number of halogens is 2. The van der Waals surface area contributed by atoms with Crippen molar-refractivity contribution in [2.75, 3.05) is 6.61 Å². The second-order valence-electron chi connectivity index (χ2n) is 4.78. The molecule has 1 saturated carbocycles. The van der Waals surface area contributed by atoms with E-state index < -0.39 is 6.10 Å². The first-order valence-electron chi connectivity index (χ1n) is 6.06. The Morgan fingerprint density at radius 1 is 1.37 bits per heavy atom. The van der Waals surface area contributed by atoms with Crippen molar-refractivity contribution in [3.8, 4) is 0 Å². The second-order valence-corrected chi connectivity index (χ2v) is 5.62. The Bertz CT molecular complexity index is 481. The minimum Gasteiger partial charge on any atom is -0.396 e. The molecule has 1 fully saturated rings. The Labute approximate surface area is 121 Å². The molecule has 19 heavy (non-hydrogen) atoms. The molecule has 0 aliphatic heterocycles. The van der Waals surface area contributed by atoms with Crippen molar-refractivity contribution in [2.45, 2.75) is 25.0 Å². The van der Waals surface area contributed by atoms with Crippen LogP contribution in [0.3, 0.4) is 0 Å². The molecule has 0 saturated heterocycles. The van der Waals surface area contributed by atoms with Crippen LogP contribution >= 0.6 is 23.2 Å². The SMILES string of the molecule is O=C(N[C@@H]1C[C@@H](CO)[C@H](O)C1)c1ccc(Cl)cc1Cl. The lowest BCUT2D eigenvalue weighted by atomic mass is 10.1. The highest BCUT2D eigenvalue weighted by molar-refractivity contribution is 6.36. The van der Waals surface area contributed by atoms with Crippen LogP contribution in [0.1, 0.15) is 23.2 Å². The molecule has 1 aliphatic rings. The largest absolute Gasteiger partial charge is 0.396 e. The van der Waals surface area contributed by atoms with Crippen molar-refractivity contribution in [2.24, 2.45) is 5.92 Å². The van der Waals surface area contributed by atoms with Crippen LogP contribution in [-0.4, -0.2) is 34.9 Å². The van der Waals surface area contributed by atoms with Crippen LogP contribution in [0.25, 0.3) is 0 Å². The van der Waals surface area contributed by atoms with Crippen LogP contribution in [0.15, 0.2) is 18.2 Å². The van der Waals surface area contributed by atoms with Gasteiger partial charge in [0, 0.05) is 23.6 Å². The van der Waals surface area contributed by atoms with Gasteiger partial charge in [0.2, 0.25) is 0 Å². The lowest BCUT2D eigenvalue weighted by Crippen LogP contribution is -2.33. The number of carbonyl (C=O) groups excluding carboxylic acids is 1.